The molecule has 0 aliphatic rings. The van der Waals surface area contributed by atoms with Gasteiger partial charge in [-0.3, -0.25) is 0 Å². The number of nitrogens with two attached hydrogens (primary N) is 1. The Morgan fingerprint density at radius 1 is 1.00 bits per heavy atom. The Labute approximate surface area is 153 Å². The summed E-state index contributed by atoms with van der Waals surface area (Å²) in [7, 11) is 0. The molecule has 1 rings (SSSR count). The summed E-state index contributed by atoms with van der Waals surface area (Å²) in [6.45, 7) is 10.2. The Balaban J connectivity index is 3.34. The highest BCUT2D eigenvalue weighted by molar-refractivity contribution is 7.80. The van der Waals surface area contributed by atoms with E-state index in [1.807, 2.05) is 0 Å². The number of para-hydroxylation sites is 2. The lowest BCUT2D eigenvalue weighted by molar-refractivity contribution is 0.0431. The first-order valence-electron chi connectivity index (χ1n) is 7.72. The zero-order chi connectivity index (χ0) is 19.4. The van der Waals surface area contributed by atoms with Gasteiger partial charge in [-0.2, -0.15) is 4.90 Å². The Hall–Kier alpha value is -2.35. The molecule has 1 aromatic carbocycles. The first kappa shape index (κ1) is 20.7. The highest BCUT2D eigenvalue weighted by Crippen LogP contribution is 2.29. The van der Waals surface area contributed by atoms with E-state index in [1.165, 1.54) is 0 Å². The Morgan fingerprint density at radius 3 is 1.84 bits per heavy atom. The molecule has 0 unspecified atom stereocenters. The summed E-state index contributed by atoms with van der Waals surface area (Å²) in [6.07, 6.45) is -1.72. The van der Waals surface area contributed by atoms with Crippen molar-refractivity contribution >= 4 is 40.9 Å². The number of ether oxygens (including phenoxy) is 2. The van der Waals surface area contributed by atoms with Crippen LogP contribution in [0.1, 0.15) is 41.5 Å². The molecule has 2 amide bonds. The van der Waals surface area contributed by atoms with E-state index in [0.29, 0.717) is 5.69 Å². The van der Waals surface area contributed by atoms with Crippen LogP contribution in [-0.2, 0) is 9.47 Å². The fourth-order valence-corrected chi connectivity index (χ4v) is 1.90. The van der Waals surface area contributed by atoms with Gasteiger partial charge in [0.25, 0.3) is 0 Å². The number of nitrogens with zero attached hydrogens (tertiary/aromatic N) is 1. The molecular formula is C17H25N3O4S. The average molecular weight is 367 g/mol. The molecule has 0 radical (unpaired) electrons. The van der Waals surface area contributed by atoms with Crippen molar-refractivity contribution in [2.24, 2.45) is 5.73 Å². The van der Waals surface area contributed by atoms with Gasteiger partial charge in [-0.15, -0.1) is 0 Å². The van der Waals surface area contributed by atoms with Gasteiger partial charge >= 0.3 is 12.2 Å². The van der Waals surface area contributed by atoms with Crippen LogP contribution in [0.5, 0.6) is 0 Å². The zero-order valence-corrected chi connectivity index (χ0v) is 16.2. The molecule has 0 atom stereocenters. The maximum Gasteiger partial charge on any atom is 0.424 e. The number of anilines is 2. The fraction of sp³-hybridized carbons (Fsp3) is 0.471. The minimum Gasteiger partial charge on any atom is -0.443 e. The molecule has 3 N–H and O–H groups in total. The van der Waals surface area contributed by atoms with Crippen molar-refractivity contribution in [1.82, 2.24) is 0 Å². The fourth-order valence-electron chi connectivity index (χ4n) is 1.79. The molecule has 0 saturated heterocycles. The van der Waals surface area contributed by atoms with Gasteiger partial charge in [-0.05, 0) is 65.9 Å². The summed E-state index contributed by atoms with van der Waals surface area (Å²) >= 11 is 4.85. The Kier molecular flexibility index (Phi) is 6.37. The van der Waals surface area contributed by atoms with Crippen LogP contribution in [0.3, 0.4) is 0 Å². The van der Waals surface area contributed by atoms with Gasteiger partial charge in [0.2, 0.25) is 0 Å². The lowest BCUT2D eigenvalue weighted by atomic mass is 10.2. The van der Waals surface area contributed by atoms with E-state index in [9.17, 15) is 9.59 Å². The molecule has 0 saturated carbocycles. The number of amides is 2. The van der Waals surface area contributed by atoms with Crippen LogP contribution in [0.15, 0.2) is 24.3 Å². The second-order valence-electron chi connectivity index (χ2n) is 7.30. The molecule has 0 aliphatic heterocycles. The monoisotopic (exact) mass is 367 g/mol. The first-order valence-corrected chi connectivity index (χ1v) is 8.12. The van der Waals surface area contributed by atoms with E-state index in [4.69, 9.17) is 27.4 Å². The molecular weight excluding hydrogens is 342 g/mol. The third-order valence-corrected chi connectivity index (χ3v) is 2.66. The van der Waals surface area contributed by atoms with Gasteiger partial charge in [0.15, 0.2) is 5.11 Å². The van der Waals surface area contributed by atoms with Gasteiger partial charge in [-0.1, -0.05) is 12.1 Å². The van der Waals surface area contributed by atoms with Crippen LogP contribution in [0.4, 0.5) is 21.0 Å². The van der Waals surface area contributed by atoms with Gasteiger partial charge in [0.05, 0.1) is 11.4 Å². The molecule has 8 heteroatoms. The lowest BCUT2D eigenvalue weighted by Gasteiger charge is -2.29. The van der Waals surface area contributed by atoms with Gasteiger partial charge in [0.1, 0.15) is 11.2 Å². The van der Waals surface area contributed by atoms with Crippen molar-refractivity contribution in [2.75, 3.05) is 10.2 Å². The predicted octanol–water partition coefficient (Wildman–Crippen LogP) is 4.02. The summed E-state index contributed by atoms with van der Waals surface area (Å²) in [5.74, 6) is 0. The number of rotatable bonds is 2. The van der Waals surface area contributed by atoms with Crippen molar-refractivity contribution in [3.63, 3.8) is 0 Å². The highest BCUT2D eigenvalue weighted by Gasteiger charge is 2.33. The molecule has 1 aromatic rings. The van der Waals surface area contributed by atoms with E-state index >= 15 is 0 Å². The smallest absolute Gasteiger partial charge is 0.424 e. The standard InChI is InChI=1S/C17H25N3O4S/c1-16(2,3)23-14(21)20(15(22)24-17(4,5)6)12-10-8-7-9-11(12)19-13(18)25/h7-10H,1-6H3,(H3,18,19,25). The molecule has 25 heavy (non-hydrogen) atoms. The molecule has 7 nitrogen and oxygen atoms in total. The van der Waals surface area contributed by atoms with Gasteiger partial charge < -0.3 is 20.5 Å². The molecule has 0 spiro atoms. The summed E-state index contributed by atoms with van der Waals surface area (Å²) in [5, 5.41) is 2.74. The van der Waals surface area contributed by atoms with E-state index in [1.54, 1.807) is 65.8 Å². The molecule has 0 aromatic heterocycles. The van der Waals surface area contributed by atoms with Crippen LogP contribution >= 0.6 is 12.2 Å². The molecule has 0 heterocycles. The second kappa shape index (κ2) is 7.69. The molecule has 138 valence electrons. The third kappa shape index (κ3) is 6.96. The van der Waals surface area contributed by atoms with E-state index in [-0.39, 0.29) is 10.8 Å². The van der Waals surface area contributed by atoms with Crippen molar-refractivity contribution in [1.29, 1.82) is 0 Å². The SMILES string of the molecule is CC(C)(C)OC(=O)N(C(=O)OC(C)(C)C)c1ccccc1NC(N)=S. The van der Waals surface area contributed by atoms with Crippen molar-refractivity contribution in [3.05, 3.63) is 24.3 Å². The Morgan fingerprint density at radius 2 is 1.44 bits per heavy atom. The maximum absolute atomic E-state index is 12.6. The average Bonchev–Trinajstić information content (AvgIpc) is 2.36. The van der Waals surface area contributed by atoms with Crippen molar-refractivity contribution < 1.29 is 19.1 Å². The molecule has 0 aliphatic carbocycles. The normalized spacial score (nSPS) is 11.4. The number of benzene rings is 1. The summed E-state index contributed by atoms with van der Waals surface area (Å²) < 4.78 is 10.7. The molecule has 0 bridgehead atoms. The van der Waals surface area contributed by atoms with E-state index in [0.717, 1.165) is 4.90 Å². The van der Waals surface area contributed by atoms with Gasteiger partial charge in [-0.25, -0.2) is 9.59 Å². The van der Waals surface area contributed by atoms with Crippen molar-refractivity contribution in [2.45, 2.75) is 52.7 Å². The highest BCUT2D eigenvalue weighted by atomic mass is 32.1. The van der Waals surface area contributed by atoms with Gasteiger partial charge in [0, 0.05) is 0 Å². The maximum atomic E-state index is 12.6. The van der Waals surface area contributed by atoms with E-state index < -0.39 is 23.4 Å². The number of imide groups is 1. The largest absolute Gasteiger partial charge is 0.443 e. The number of carbonyl (C=O) groups excluding carboxylic acids is 2. The van der Waals surface area contributed by atoms with Crippen LogP contribution in [-0.4, -0.2) is 28.5 Å². The second-order valence-corrected chi connectivity index (χ2v) is 7.74. The van der Waals surface area contributed by atoms with Crippen LogP contribution in [0, 0.1) is 0 Å². The topological polar surface area (TPSA) is 93.9 Å². The summed E-state index contributed by atoms with van der Waals surface area (Å²) in [6, 6.07) is 6.58. The predicted molar refractivity (Wildman–Crippen MR) is 102 cm³/mol. The number of carbonyl (C=O) groups is 2. The number of nitrogens with one attached hydrogen (secondary N) is 1. The molecule has 0 fully saturated rings. The van der Waals surface area contributed by atoms with Crippen LogP contribution < -0.4 is 16.0 Å². The summed E-state index contributed by atoms with van der Waals surface area (Å²) in [5.41, 5.74) is 4.54. The number of thiocarbonyl (C=S) groups is 1. The number of hydrogen-bond acceptors (Lipinski definition) is 5. The minimum absolute atomic E-state index is 0.000720. The minimum atomic E-state index is -0.862. The first-order chi connectivity index (χ1) is 11.3. The van der Waals surface area contributed by atoms with Crippen LogP contribution in [0.2, 0.25) is 0 Å². The van der Waals surface area contributed by atoms with Crippen LogP contribution in [0.25, 0.3) is 0 Å². The Bertz CT molecular complexity index is 635. The summed E-state index contributed by atoms with van der Waals surface area (Å²) in [4.78, 5) is 26.1. The zero-order valence-electron chi connectivity index (χ0n) is 15.4. The quantitative estimate of drug-likeness (QED) is 0.762. The third-order valence-electron chi connectivity index (χ3n) is 2.55. The number of hydrogen-bond donors (Lipinski definition) is 2. The lowest BCUT2D eigenvalue weighted by Crippen LogP contribution is -2.44. The van der Waals surface area contributed by atoms with Crippen molar-refractivity contribution in [3.8, 4) is 0 Å². The van der Waals surface area contributed by atoms with E-state index in [2.05, 4.69) is 5.32 Å².